The number of hydrogen-bond donors (Lipinski definition) is 0. The topological polar surface area (TPSA) is 13.1 Å². The molecule has 0 N–H and O–H groups in total. The second-order valence-corrected chi connectivity index (χ2v) is 12.0. The molecule has 0 spiro atoms. The molecule has 0 unspecified atom stereocenters. The van der Waals surface area contributed by atoms with E-state index >= 15 is 0 Å². The summed E-state index contributed by atoms with van der Waals surface area (Å²) in [6.45, 7) is 0. The summed E-state index contributed by atoms with van der Waals surface area (Å²) in [5.74, 6) is 0. The van der Waals surface area contributed by atoms with Crippen LogP contribution >= 0.6 is 0 Å². The van der Waals surface area contributed by atoms with E-state index in [0.29, 0.717) is 0 Å². The number of fused-ring (bicyclic) bond motifs is 10. The summed E-state index contributed by atoms with van der Waals surface area (Å²) >= 11 is 0. The molecule has 45 heavy (non-hydrogen) atoms. The molecule has 1 heterocycles. The van der Waals surface area contributed by atoms with Crippen LogP contribution in [-0.4, -0.2) is 0 Å². The first-order chi connectivity index (χ1) is 22.3. The van der Waals surface area contributed by atoms with E-state index in [9.17, 15) is 0 Å². The van der Waals surface area contributed by atoms with Gasteiger partial charge < -0.3 is 4.42 Å². The first-order valence-corrected chi connectivity index (χ1v) is 15.5. The summed E-state index contributed by atoms with van der Waals surface area (Å²) in [4.78, 5) is 0. The van der Waals surface area contributed by atoms with Crippen LogP contribution in [0.15, 0.2) is 162 Å². The minimum Gasteiger partial charge on any atom is -0.456 e. The molecule has 0 aliphatic carbocycles. The fraction of sp³-hybridized carbons (Fsp3) is 0. The Kier molecular flexibility index (Phi) is 5.06. The second kappa shape index (κ2) is 9.29. The maximum Gasteiger partial charge on any atom is 0.136 e. The lowest BCUT2D eigenvalue weighted by molar-refractivity contribution is 0.669. The lowest BCUT2D eigenvalue weighted by atomic mass is 9.84. The van der Waals surface area contributed by atoms with Crippen molar-refractivity contribution in [2.75, 3.05) is 0 Å². The molecule has 0 bridgehead atoms. The van der Waals surface area contributed by atoms with Crippen molar-refractivity contribution in [1.82, 2.24) is 0 Å². The van der Waals surface area contributed by atoms with Gasteiger partial charge in [0.2, 0.25) is 0 Å². The van der Waals surface area contributed by atoms with E-state index in [4.69, 9.17) is 4.42 Å². The lowest BCUT2D eigenvalue weighted by Gasteiger charge is -2.19. The standard InChI is InChI=1S/C44H26O/c1-2-13-29-25-30(22-21-27(29)11-1)41-34-17-7-9-19-36(34)42(37-20-10-8-18-35(37)41)38-26-40-44(33-16-6-5-15-32(33)38)43-31-14-4-3-12-28(31)23-24-39(43)45-40/h1-26H. The van der Waals surface area contributed by atoms with Crippen molar-refractivity contribution in [2.24, 2.45) is 0 Å². The van der Waals surface area contributed by atoms with Crippen LogP contribution in [0.25, 0.3) is 98.1 Å². The molecule has 0 aliphatic heterocycles. The van der Waals surface area contributed by atoms with Crippen LogP contribution < -0.4 is 0 Å². The Hall–Kier alpha value is -5.92. The van der Waals surface area contributed by atoms with E-state index in [-0.39, 0.29) is 0 Å². The molecule has 0 saturated carbocycles. The van der Waals surface area contributed by atoms with Crippen LogP contribution in [0, 0.1) is 0 Å². The van der Waals surface area contributed by atoms with Gasteiger partial charge in [0, 0.05) is 10.8 Å². The molecular weight excluding hydrogens is 544 g/mol. The van der Waals surface area contributed by atoms with Crippen LogP contribution in [0.1, 0.15) is 0 Å². The van der Waals surface area contributed by atoms with E-state index in [1.165, 1.54) is 86.9 Å². The van der Waals surface area contributed by atoms with Crippen LogP contribution in [-0.2, 0) is 0 Å². The normalized spacial score (nSPS) is 12.0. The zero-order valence-electron chi connectivity index (χ0n) is 24.4. The molecule has 0 radical (unpaired) electrons. The van der Waals surface area contributed by atoms with Crippen molar-refractivity contribution in [3.63, 3.8) is 0 Å². The maximum atomic E-state index is 6.69. The highest BCUT2D eigenvalue weighted by Crippen LogP contribution is 2.48. The van der Waals surface area contributed by atoms with Crippen LogP contribution in [0.2, 0.25) is 0 Å². The van der Waals surface area contributed by atoms with Gasteiger partial charge in [0.1, 0.15) is 11.2 Å². The van der Waals surface area contributed by atoms with Gasteiger partial charge in [-0.25, -0.2) is 0 Å². The summed E-state index contributed by atoms with van der Waals surface area (Å²) in [7, 11) is 0. The van der Waals surface area contributed by atoms with Crippen molar-refractivity contribution in [3.8, 4) is 22.3 Å². The van der Waals surface area contributed by atoms with Crippen LogP contribution in [0.3, 0.4) is 0 Å². The van der Waals surface area contributed by atoms with Gasteiger partial charge in [0.05, 0.1) is 0 Å². The molecular formula is C44H26O. The molecule has 0 fully saturated rings. The van der Waals surface area contributed by atoms with Gasteiger partial charge >= 0.3 is 0 Å². The zero-order valence-corrected chi connectivity index (χ0v) is 24.4. The van der Waals surface area contributed by atoms with Gasteiger partial charge in [-0.3, -0.25) is 0 Å². The van der Waals surface area contributed by atoms with E-state index in [0.717, 1.165) is 11.2 Å². The molecule has 208 valence electrons. The van der Waals surface area contributed by atoms with Crippen molar-refractivity contribution >= 4 is 75.8 Å². The average Bonchev–Trinajstić information content (AvgIpc) is 3.49. The van der Waals surface area contributed by atoms with Gasteiger partial charge in [-0.15, -0.1) is 0 Å². The Morgan fingerprint density at radius 2 is 0.822 bits per heavy atom. The van der Waals surface area contributed by atoms with Gasteiger partial charge in [-0.05, 0) is 94.3 Å². The molecule has 0 atom stereocenters. The van der Waals surface area contributed by atoms with Crippen molar-refractivity contribution in [2.45, 2.75) is 0 Å². The molecule has 1 heteroatoms. The Morgan fingerprint density at radius 3 is 1.53 bits per heavy atom. The average molecular weight is 571 g/mol. The highest BCUT2D eigenvalue weighted by molar-refractivity contribution is 6.31. The Morgan fingerprint density at radius 1 is 0.311 bits per heavy atom. The zero-order chi connectivity index (χ0) is 29.5. The number of benzene rings is 9. The fourth-order valence-corrected chi connectivity index (χ4v) is 7.68. The molecule has 0 aliphatic rings. The Bertz CT molecular complexity index is 2760. The molecule has 1 nitrogen and oxygen atoms in total. The van der Waals surface area contributed by atoms with Crippen LogP contribution in [0.5, 0.6) is 0 Å². The van der Waals surface area contributed by atoms with Gasteiger partial charge in [-0.1, -0.05) is 140 Å². The molecule has 0 saturated heterocycles. The molecule has 9 aromatic carbocycles. The number of rotatable bonds is 2. The monoisotopic (exact) mass is 570 g/mol. The third-order valence-electron chi connectivity index (χ3n) is 9.61. The highest BCUT2D eigenvalue weighted by atomic mass is 16.3. The quantitative estimate of drug-likeness (QED) is 0.188. The predicted molar refractivity (Wildman–Crippen MR) is 192 cm³/mol. The highest BCUT2D eigenvalue weighted by Gasteiger charge is 2.21. The number of furan rings is 1. The van der Waals surface area contributed by atoms with Gasteiger partial charge in [-0.2, -0.15) is 0 Å². The molecule has 0 amide bonds. The van der Waals surface area contributed by atoms with Crippen LogP contribution in [0.4, 0.5) is 0 Å². The first kappa shape index (κ1) is 24.5. The second-order valence-electron chi connectivity index (χ2n) is 12.0. The smallest absolute Gasteiger partial charge is 0.136 e. The van der Waals surface area contributed by atoms with Gasteiger partial charge in [0.15, 0.2) is 0 Å². The Balaban J connectivity index is 1.36. The first-order valence-electron chi connectivity index (χ1n) is 15.5. The van der Waals surface area contributed by atoms with E-state index in [1.807, 2.05) is 0 Å². The molecule has 10 rings (SSSR count). The van der Waals surface area contributed by atoms with Crippen molar-refractivity contribution in [1.29, 1.82) is 0 Å². The van der Waals surface area contributed by atoms with Gasteiger partial charge in [0.25, 0.3) is 0 Å². The molecule has 1 aromatic heterocycles. The SMILES string of the molecule is c1ccc2cc(-c3c4ccccc4c(-c4cc5oc6ccc7ccccc7c6c5c5ccccc45)c4ccccc34)ccc2c1. The minimum atomic E-state index is 0.918. The summed E-state index contributed by atoms with van der Waals surface area (Å²) in [5.41, 5.74) is 6.79. The summed E-state index contributed by atoms with van der Waals surface area (Å²) < 4.78 is 6.69. The van der Waals surface area contributed by atoms with E-state index < -0.39 is 0 Å². The fourth-order valence-electron chi connectivity index (χ4n) is 7.68. The van der Waals surface area contributed by atoms with Crippen molar-refractivity contribution < 1.29 is 4.42 Å². The third kappa shape index (κ3) is 3.50. The summed E-state index contributed by atoms with van der Waals surface area (Å²) in [5, 5.41) is 14.8. The predicted octanol–water partition coefficient (Wildman–Crippen LogP) is 12.7. The largest absolute Gasteiger partial charge is 0.456 e. The van der Waals surface area contributed by atoms with Crippen molar-refractivity contribution in [3.05, 3.63) is 158 Å². The summed E-state index contributed by atoms with van der Waals surface area (Å²) in [6.07, 6.45) is 0. The van der Waals surface area contributed by atoms with E-state index in [2.05, 4.69) is 158 Å². The minimum absolute atomic E-state index is 0.918. The lowest BCUT2D eigenvalue weighted by Crippen LogP contribution is -1.92. The summed E-state index contributed by atoms with van der Waals surface area (Å²) in [6, 6.07) is 57.3. The third-order valence-corrected chi connectivity index (χ3v) is 9.61. The molecule has 10 aromatic rings. The van der Waals surface area contributed by atoms with E-state index in [1.54, 1.807) is 0 Å². The number of hydrogen-bond acceptors (Lipinski definition) is 1. The Labute approximate surface area is 259 Å². The maximum absolute atomic E-state index is 6.69.